The predicted octanol–water partition coefficient (Wildman–Crippen LogP) is 8.28. The minimum absolute atomic E-state index is 0.181. The summed E-state index contributed by atoms with van der Waals surface area (Å²) in [6, 6.07) is 35.8. The fourth-order valence-corrected chi connectivity index (χ4v) is 5.90. The number of fused-ring (bicyclic) bond motifs is 5. The lowest BCUT2D eigenvalue weighted by atomic mass is 10.0. The summed E-state index contributed by atoms with van der Waals surface area (Å²) in [5.74, 6) is 0.774. The molecule has 5 nitrogen and oxygen atoms in total. The van der Waals surface area contributed by atoms with Crippen LogP contribution in [-0.2, 0) is 0 Å². The summed E-state index contributed by atoms with van der Waals surface area (Å²) in [5, 5.41) is 14.7. The molecule has 1 aliphatic heterocycles. The van der Waals surface area contributed by atoms with E-state index in [1.807, 2.05) is 18.2 Å². The highest BCUT2D eigenvalue weighted by molar-refractivity contribution is 6.37. The van der Waals surface area contributed by atoms with E-state index in [9.17, 15) is 0 Å². The summed E-state index contributed by atoms with van der Waals surface area (Å²) < 4.78 is 6.14. The van der Waals surface area contributed by atoms with Gasteiger partial charge in [-0.1, -0.05) is 84.4 Å². The van der Waals surface area contributed by atoms with Crippen LogP contribution in [0.2, 0.25) is 5.02 Å². The van der Waals surface area contributed by atoms with E-state index in [0.717, 1.165) is 33.3 Å². The van der Waals surface area contributed by atoms with Crippen LogP contribution < -0.4 is 10.6 Å². The molecular weight excluding hydrogens is 516 g/mol. The van der Waals surface area contributed by atoms with Crippen LogP contribution in [0.25, 0.3) is 43.5 Å². The van der Waals surface area contributed by atoms with Crippen LogP contribution in [0, 0.1) is 0 Å². The largest absolute Gasteiger partial charge is 0.453 e. The molecule has 0 aliphatic carbocycles. The number of pyridine rings is 1. The lowest BCUT2D eigenvalue weighted by molar-refractivity contribution is 0.409. The molecule has 2 N–H and O–H groups in total. The molecule has 0 saturated carbocycles. The summed E-state index contributed by atoms with van der Waals surface area (Å²) in [7, 11) is 0. The summed E-state index contributed by atoms with van der Waals surface area (Å²) in [6.07, 6.45) is 3.04. The molecule has 0 saturated heterocycles. The Labute approximate surface area is 235 Å². The quantitative estimate of drug-likeness (QED) is 0.237. The zero-order valence-electron chi connectivity index (χ0n) is 21.3. The van der Waals surface area contributed by atoms with Gasteiger partial charge in [-0.15, -0.1) is 0 Å². The minimum atomic E-state index is -0.275. The van der Waals surface area contributed by atoms with Crippen molar-refractivity contribution in [1.82, 2.24) is 15.6 Å². The van der Waals surface area contributed by atoms with E-state index in [2.05, 4.69) is 101 Å². The maximum absolute atomic E-state index is 6.61. The molecule has 8 rings (SSSR count). The summed E-state index contributed by atoms with van der Waals surface area (Å²) in [4.78, 5) is 9.47. The second-order valence-electron chi connectivity index (χ2n) is 10.1. The fraction of sp³-hybridized carbons (Fsp3) is 0.0588. The Morgan fingerprint density at radius 2 is 1.43 bits per heavy atom. The van der Waals surface area contributed by atoms with Crippen molar-refractivity contribution in [3.63, 3.8) is 0 Å². The van der Waals surface area contributed by atoms with Crippen molar-refractivity contribution in [1.29, 1.82) is 0 Å². The molecular formula is C34H23ClN4O. The molecule has 0 radical (unpaired) electrons. The van der Waals surface area contributed by atoms with Crippen LogP contribution in [0.3, 0.4) is 0 Å². The van der Waals surface area contributed by atoms with Gasteiger partial charge in [0.15, 0.2) is 11.2 Å². The Kier molecular flexibility index (Phi) is 5.33. The van der Waals surface area contributed by atoms with E-state index >= 15 is 0 Å². The van der Waals surface area contributed by atoms with Gasteiger partial charge in [0, 0.05) is 22.5 Å². The number of rotatable bonds is 3. The van der Waals surface area contributed by atoms with E-state index in [0.29, 0.717) is 16.2 Å². The van der Waals surface area contributed by atoms with Crippen molar-refractivity contribution in [3.8, 4) is 0 Å². The van der Waals surface area contributed by atoms with Crippen LogP contribution in [0.5, 0.6) is 0 Å². The first-order chi connectivity index (χ1) is 19.7. The van der Waals surface area contributed by atoms with Crippen LogP contribution in [0.1, 0.15) is 29.0 Å². The van der Waals surface area contributed by atoms with E-state index in [1.165, 1.54) is 21.5 Å². The third-order valence-corrected chi connectivity index (χ3v) is 7.99. The Morgan fingerprint density at radius 3 is 2.20 bits per heavy atom. The van der Waals surface area contributed by atoms with Gasteiger partial charge in [-0.25, -0.2) is 4.99 Å². The van der Waals surface area contributed by atoms with Crippen LogP contribution in [0.15, 0.2) is 125 Å². The number of furan rings is 1. The van der Waals surface area contributed by atoms with Crippen molar-refractivity contribution in [3.05, 3.63) is 137 Å². The number of halogens is 1. The molecule has 0 amide bonds. The van der Waals surface area contributed by atoms with Gasteiger partial charge < -0.3 is 9.73 Å². The van der Waals surface area contributed by atoms with Crippen molar-refractivity contribution in [2.75, 3.05) is 0 Å². The first-order valence-electron chi connectivity index (χ1n) is 13.2. The average molecular weight is 539 g/mol. The van der Waals surface area contributed by atoms with Crippen molar-refractivity contribution in [2.45, 2.75) is 12.3 Å². The van der Waals surface area contributed by atoms with E-state index < -0.39 is 0 Å². The first-order valence-corrected chi connectivity index (χ1v) is 13.6. The Balaban J connectivity index is 1.32. The molecule has 0 spiro atoms. The topological polar surface area (TPSA) is 62.5 Å². The number of nitrogens with one attached hydrogen (secondary N) is 2. The van der Waals surface area contributed by atoms with E-state index in [4.69, 9.17) is 21.0 Å². The third kappa shape index (κ3) is 3.82. The summed E-state index contributed by atoms with van der Waals surface area (Å²) in [6.45, 7) is 0. The van der Waals surface area contributed by atoms with Gasteiger partial charge in [-0.3, -0.25) is 10.3 Å². The normalized spacial score (nSPS) is 17.4. The number of hydrogen-bond donors (Lipinski definition) is 2. The summed E-state index contributed by atoms with van der Waals surface area (Å²) >= 11 is 6.61. The number of amidine groups is 1. The van der Waals surface area contributed by atoms with Crippen molar-refractivity contribution in [2.24, 2.45) is 4.99 Å². The molecule has 40 heavy (non-hydrogen) atoms. The van der Waals surface area contributed by atoms with Gasteiger partial charge in [0.05, 0.1) is 11.2 Å². The van der Waals surface area contributed by atoms with E-state index in [-0.39, 0.29) is 12.3 Å². The highest BCUT2D eigenvalue weighted by atomic mass is 35.5. The number of nitrogens with zero attached hydrogens (tertiary/aromatic N) is 2. The lowest BCUT2D eigenvalue weighted by Gasteiger charge is -2.32. The lowest BCUT2D eigenvalue weighted by Crippen LogP contribution is -2.45. The SMILES string of the molecule is Clc1ccc(C2=NC(c3ccc4ccccc4c3)NC(c3ccc4ccccc4c3)N2)c2c1oc1cnccc12. The number of aromatic nitrogens is 1. The number of benzene rings is 5. The molecule has 0 fully saturated rings. The number of aliphatic imine (C=N–C) groups is 1. The average Bonchev–Trinajstić information content (AvgIpc) is 3.41. The number of hydrogen-bond acceptors (Lipinski definition) is 5. The molecule has 2 unspecified atom stereocenters. The minimum Gasteiger partial charge on any atom is -0.453 e. The molecule has 0 bridgehead atoms. The molecule has 2 atom stereocenters. The van der Waals surface area contributed by atoms with Crippen LogP contribution in [-0.4, -0.2) is 10.8 Å². The highest BCUT2D eigenvalue weighted by Crippen LogP contribution is 2.37. The smallest absolute Gasteiger partial charge is 0.154 e. The van der Waals surface area contributed by atoms with Crippen LogP contribution in [0.4, 0.5) is 0 Å². The van der Waals surface area contributed by atoms with Gasteiger partial charge in [-0.05, 0) is 63.0 Å². The molecule has 5 aromatic carbocycles. The van der Waals surface area contributed by atoms with Gasteiger partial charge >= 0.3 is 0 Å². The molecule has 3 heterocycles. The zero-order chi connectivity index (χ0) is 26.6. The van der Waals surface area contributed by atoms with Crippen LogP contribution >= 0.6 is 11.6 Å². The molecule has 192 valence electrons. The molecule has 1 aliphatic rings. The second kappa shape index (κ2) is 9.19. The second-order valence-corrected chi connectivity index (χ2v) is 10.5. The van der Waals surface area contributed by atoms with Crippen molar-refractivity contribution >= 4 is 60.9 Å². The van der Waals surface area contributed by atoms with E-state index in [1.54, 1.807) is 12.4 Å². The maximum Gasteiger partial charge on any atom is 0.154 e. The van der Waals surface area contributed by atoms with Gasteiger partial charge in [0.25, 0.3) is 0 Å². The maximum atomic E-state index is 6.61. The van der Waals surface area contributed by atoms with Gasteiger partial charge in [0.2, 0.25) is 0 Å². The molecule has 7 aromatic rings. The first kappa shape index (κ1) is 23.2. The van der Waals surface area contributed by atoms with Gasteiger partial charge in [0.1, 0.15) is 18.2 Å². The zero-order valence-corrected chi connectivity index (χ0v) is 22.1. The Morgan fingerprint density at radius 1 is 0.725 bits per heavy atom. The monoisotopic (exact) mass is 538 g/mol. The molecule has 6 heteroatoms. The predicted molar refractivity (Wildman–Crippen MR) is 163 cm³/mol. The summed E-state index contributed by atoms with van der Waals surface area (Å²) in [5.41, 5.74) is 4.48. The van der Waals surface area contributed by atoms with Crippen molar-refractivity contribution < 1.29 is 4.42 Å². The fourth-order valence-electron chi connectivity index (χ4n) is 5.70. The third-order valence-electron chi connectivity index (χ3n) is 7.69. The molecule has 2 aromatic heterocycles. The Hall–Kier alpha value is -4.71. The highest BCUT2D eigenvalue weighted by Gasteiger charge is 2.28. The van der Waals surface area contributed by atoms with Gasteiger partial charge in [-0.2, -0.15) is 0 Å². The standard InChI is InChI=1S/C34H23ClN4O/c35-28-14-13-27(30-26-15-16-36-19-29(26)40-31(28)30)34-38-32(24-11-9-20-5-1-3-7-22(20)17-24)37-33(39-34)25-12-10-21-6-2-4-8-23(21)18-25/h1-19,32-33,37H,(H,38,39). The Bertz CT molecular complexity index is 2120.